The van der Waals surface area contributed by atoms with Gasteiger partial charge in [-0.3, -0.25) is 0 Å². The summed E-state index contributed by atoms with van der Waals surface area (Å²) >= 11 is 0. The number of urea groups is 1. The van der Waals surface area contributed by atoms with E-state index in [0.717, 1.165) is 0 Å². The van der Waals surface area contributed by atoms with Gasteiger partial charge in [0.15, 0.2) is 22.8 Å². The molecular formula is C25H32F3N9O4. The van der Waals surface area contributed by atoms with E-state index < -0.39 is 30.4 Å². The molecule has 3 aromatic rings. The zero-order valence-electron chi connectivity index (χ0n) is 23.2. The van der Waals surface area contributed by atoms with Crippen LogP contribution in [0.4, 0.5) is 34.3 Å². The average Bonchev–Trinajstić information content (AvgIpc) is 3.31. The first-order valence-corrected chi connectivity index (χ1v) is 12.9. The Morgan fingerprint density at radius 1 is 1.10 bits per heavy atom. The number of nitrogens with zero attached hydrogens (tertiary/aromatic N) is 7. The van der Waals surface area contributed by atoms with Crippen LogP contribution in [0.3, 0.4) is 0 Å². The fourth-order valence-electron chi connectivity index (χ4n) is 3.79. The summed E-state index contributed by atoms with van der Waals surface area (Å²) in [6, 6.07) is 6.00. The number of carbonyl (C=O) groups excluding carboxylic acids is 2. The lowest BCUT2D eigenvalue weighted by molar-refractivity contribution is -0.142. The molecule has 16 heteroatoms. The predicted molar refractivity (Wildman–Crippen MR) is 144 cm³/mol. The van der Waals surface area contributed by atoms with Gasteiger partial charge in [0, 0.05) is 36.9 Å². The van der Waals surface area contributed by atoms with Crippen molar-refractivity contribution in [2.45, 2.75) is 39.0 Å². The molecule has 0 aliphatic carbocycles. The number of carbonyl (C=O) groups is 2. The normalized spacial score (nSPS) is 14.2. The molecule has 1 aliphatic heterocycles. The molecule has 0 radical (unpaired) electrons. The van der Waals surface area contributed by atoms with E-state index in [4.69, 9.17) is 9.47 Å². The number of morpholine rings is 1. The van der Waals surface area contributed by atoms with Gasteiger partial charge in [0.2, 0.25) is 0 Å². The highest BCUT2D eigenvalue weighted by atomic mass is 19.4. The third kappa shape index (κ3) is 7.71. The van der Waals surface area contributed by atoms with E-state index in [0.29, 0.717) is 48.1 Å². The monoisotopic (exact) mass is 579 g/mol. The lowest BCUT2D eigenvalue weighted by Gasteiger charge is -2.30. The first kappa shape index (κ1) is 29.8. The van der Waals surface area contributed by atoms with Gasteiger partial charge < -0.3 is 29.9 Å². The number of rotatable bonds is 7. The molecule has 41 heavy (non-hydrogen) atoms. The van der Waals surface area contributed by atoms with Crippen LogP contribution in [-0.2, 0) is 16.0 Å². The van der Waals surface area contributed by atoms with Gasteiger partial charge in [-0.1, -0.05) is 5.21 Å². The quantitative estimate of drug-likeness (QED) is 0.404. The van der Waals surface area contributed by atoms with E-state index in [1.807, 2.05) is 25.7 Å². The summed E-state index contributed by atoms with van der Waals surface area (Å²) in [6.07, 6.45) is -5.01. The zero-order chi connectivity index (χ0) is 29.8. The fraction of sp³-hybridized carbons (Fsp3) is 0.520. The molecule has 0 saturated carbocycles. The number of benzene rings is 1. The van der Waals surface area contributed by atoms with Crippen LogP contribution in [0.25, 0.3) is 22.6 Å². The summed E-state index contributed by atoms with van der Waals surface area (Å²) in [6.45, 7) is 6.24. The minimum absolute atomic E-state index is 0.00329. The number of halogens is 3. The van der Waals surface area contributed by atoms with Crippen LogP contribution in [0.1, 0.15) is 20.8 Å². The molecule has 222 valence electrons. The Morgan fingerprint density at radius 2 is 1.78 bits per heavy atom. The van der Waals surface area contributed by atoms with Crippen molar-refractivity contribution in [2.24, 2.45) is 0 Å². The summed E-state index contributed by atoms with van der Waals surface area (Å²) in [5, 5.41) is 12.9. The molecule has 0 atom stereocenters. The highest BCUT2D eigenvalue weighted by molar-refractivity contribution is 5.90. The maximum Gasteiger partial charge on any atom is 0.409 e. The molecule has 2 N–H and O–H groups in total. The Morgan fingerprint density at radius 3 is 2.41 bits per heavy atom. The Kier molecular flexibility index (Phi) is 8.80. The Labute approximate surface area is 234 Å². The molecule has 0 bridgehead atoms. The van der Waals surface area contributed by atoms with E-state index in [-0.39, 0.29) is 30.1 Å². The topological polar surface area (TPSA) is 140 Å². The lowest BCUT2D eigenvalue weighted by Crippen LogP contribution is -2.43. The largest absolute Gasteiger partial charge is 0.448 e. The highest BCUT2D eigenvalue weighted by Crippen LogP contribution is 2.29. The summed E-state index contributed by atoms with van der Waals surface area (Å²) in [5.41, 5.74) is 0.710. The second-order valence-corrected chi connectivity index (χ2v) is 10.3. The number of hydrogen-bond donors (Lipinski definition) is 2. The van der Waals surface area contributed by atoms with Crippen molar-refractivity contribution < 1.29 is 32.2 Å². The smallest absolute Gasteiger partial charge is 0.409 e. The van der Waals surface area contributed by atoms with E-state index in [1.54, 1.807) is 31.3 Å². The second kappa shape index (κ2) is 12.1. The molecule has 2 aromatic heterocycles. The number of fused-ring (bicyclic) bond motifs is 1. The van der Waals surface area contributed by atoms with Crippen molar-refractivity contribution in [3.05, 3.63) is 24.3 Å². The Balaban J connectivity index is 1.44. The van der Waals surface area contributed by atoms with Gasteiger partial charge >= 0.3 is 18.3 Å². The number of amides is 3. The minimum atomic E-state index is -4.51. The lowest BCUT2D eigenvalue weighted by atomic mass is 10.1. The first-order valence-electron chi connectivity index (χ1n) is 12.9. The molecule has 1 aliphatic rings. The van der Waals surface area contributed by atoms with Crippen molar-refractivity contribution in [1.82, 2.24) is 35.2 Å². The third-order valence-corrected chi connectivity index (χ3v) is 6.28. The highest BCUT2D eigenvalue weighted by Gasteiger charge is 2.31. The summed E-state index contributed by atoms with van der Waals surface area (Å²) in [7, 11) is 1.63. The standard InChI is InChI=1S/C25H32F3N9O4/c1-24(2,3)35(4)23(39)41-12-9-29-22(38)30-17-7-5-16(6-8-17)19-31-20(36-10-13-40-14-11-36)18-21(32-19)37(34-33-18)15-25(26,27)28/h5-8H,9-15H2,1-4H3,(H2,29,30,38). The molecule has 4 rings (SSSR count). The van der Waals surface area contributed by atoms with Gasteiger partial charge in [0.25, 0.3) is 0 Å². The summed E-state index contributed by atoms with van der Waals surface area (Å²) in [5.74, 6) is 0.556. The molecule has 0 unspecified atom stereocenters. The van der Waals surface area contributed by atoms with Gasteiger partial charge in [-0.25, -0.2) is 24.2 Å². The van der Waals surface area contributed by atoms with E-state index in [2.05, 4.69) is 30.9 Å². The van der Waals surface area contributed by atoms with Gasteiger partial charge in [-0.15, -0.1) is 5.10 Å². The molecule has 0 spiro atoms. The molecule has 1 fully saturated rings. The Hall–Kier alpha value is -4.21. The van der Waals surface area contributed by atoms with E-state index in [1.165, 1.54) is 4.90 Å². The number of ether oxygens (including phenoxy) is 2. The molecule has 3 amide bonds. The van der Waals surface area contributed by atoms with Crippen LogP contribution in [0.2, 0.25) is 0 Å². The zero-order valence-corrected chi connectivity index (χ0v) is 23.2. The third-order valence-electron chi connectivity index (χ3n) is 6.28. The molecule has 1 saturated heterocycles. The van der Waals surface area contributed by atoms with Crippen LogP contribution < -0.4 is 15.5 Å². The van der Waals surface area contributed by atoms with Gasteiger partial charge in [0.1, 0.15) is 13.2 Å². The number of aromatic nitrogens is 5. The SMILES string of the molecule is CN(C(=O)OCCNC(=O)Nc1ccc(-c2nc(N3CCOCC3)c3nnn(CC(F)(F)F)c3n2)cc1)C(C)(C)C. The molecule has 13 nitrogen and oxygen atoms in total. The average molecular weight is 580 g/mol. The van der Waals surface area contributed by atoms with Crippen molar-refractivity contribution in [1.29, 1.82) is 0 Å². The number of anilines is 2. The summed E-state index contributed by atoms with van der Waals surface area (Å²) < 4.78 is 50.7. The van der Waals surface area contributed by atoms with Crippen LogP contribution in [-0.4, -0.2) is 100 Å². The predicted octanol–water partition coefficient (Wildman–Crippen LogP) is 3.28. The van der Waals surface area contributed by atoms with Crippen molar-refractivity contribution in [3.8, 4) is 11.4 Å². The fourth-order valence-corrected chi connectivity index (χ4v) is 3.79. The number of hydrogen-bond acceptors (Lipinski definition) is 9. The second-order valence-electron chi connectivity index (χ2n) is 10.3. The Bertz CT molecular complexity index is 1370. The van der Waals surface area contributed by atoms with Gasteiger partial charge in [-0.2, -0.15) is 13.2 Å². The first-order chi connectivity index (χ1) is 19.3. The molecule has 3 heterocycles. The van der Waals surface area contributed by atoms with Crippen LogP contribution >= 0.6 is 0 Å². The van der Waals surface area contributed by atoms with Crippen LogP contribution in [0, 0.1) is 0 Å². The molecule has 1 aromatic carbocycles. The van der Waals surface area contributed by atoms with Crippen molar-refractivity contribution in [3.63, 3.8) is 0 Å². The van der Waals surface area contributed by atoms with Crippen LogP contribution in [0.15, 0.2) is 24.3 Å². The van der Waals surface area contributed by atoms with E-state index in [9.17, 15) is 22.8 Å². The number of nitrogens with one attached hydrogen (secondary N) is 2. The maximum absolute atomic E-state index is 13.2. The minimum Gasteiger partial charge on any atom is -0.448 e. The summed E-state index contributed by atoms with van der Waals surface area (Å²) in [4.78, 5) is 36.6. The van der Waals surface area contributed by atoms with Crippen molar-refractivity contribution in [2.75, 3.05) is 56.7 Å². The molecular weight excluding hydrogens is 547 g/mol. The van der Waals surface area contributed by atoms with Gasteiger partial charge in [0.05, 0.1) is 19.8 Å². The van der Waals surface area contributed by atoms with Crippen molar-refractivity contribution >= 4 is 34.8 Å². The van der Waals surface area contributed by atoms with E-state index >= 15 is 0 Å². The van der Waals surface area contributed by atoms with Gasteiger partial charge in [-0.05, 0) is 45.0 Å². The maximum atomic E-state index is 13.2. The van der Waals surface area contributed by atoms with Crippen LogP contribution in [0.5, 0.6) is 0 Å². The number of alkyl halides is 3.